The van der Waals surface area contributed by atoms with Crippen LogP contribution in [0.25, 0.3) is 0 Å². The third-order valence-corrected chi connectivity index (χ3v) is 2.58. The summed E-state index contributed by atoms with van der Waals surface area (Å²) in [5, 5.41) is 46.9. The van der Waals surface area contributed by atoms with Crippen molar-refractivity contribution in [1.82, 2.24) is 5.32 Å². The van der Waals surface area contributed by atoms with Gasteiger partial charge in [-0.25, -0.2) is 0 Å². The van der Waals surface area contributed by atoms with E-state index in [9.17, 15) is 0 Å². The summed E-state index contributed by atoms with van der Waals surface area (Å²) < 4.78 is 0. The molecule has 6 nitrogen and oxygen atoms in total. The van der Waals surface area contributed by atoms with Crippen molar-refractivity contribution in [1.29, 1.82) is 26.3 Å². The third-order valence-electron chi connectivity index (χ3n) is 2.58. The molecule has 0 aromatic rings. The van der Waals surface area contributed by atoms with Crippen LogP contribution >= 0.6 is 0 Å². The van der Waals surface area contributed by atoms with Gasteiger partial charge in [0.05, 0.1) is 48.1 Å². The zero-order valence-corrected chi connectivity index (χ0v) is 8.12. The molecule has 0 aromatic carbocycles. The molecule has 0 saturated carbocycles. The number of rotatable bonds is 0. The second-order valence-corrected chi connectivity index (χ2v) is 3.34. The molecule has 4 unspecified atom stereocenters. The highest BCUT2D eigenvalue weighted by atomic mass is 15.0. The van der Waals surface area contributed by atoms with E-state index in [0.29, 0.717) is 0 Å². The molecule has 1 fully saturated rings. The molecule has 1 saturated heterocycles. The van der Waals surface area contributed by atoms with Crippen molar-refractivity contribution < 1.29 is 0 Å². The first kappa shape index (κ1) is 11.5. The van der Waals surface area contributed by atoms with Crippen molar-refractivity contribution in [3.63, 3.8) is 0 Å². The Labute approximate surface area is 92.5 Å². The van der Waals surface area contributed by atoms with Gasteiger partial charge in [-0.05, 0) is 0 Å². The lowest BCUT2D eigenvalue weighted by Crippen LogP contribution is -2.54. The molecule has 4 atom stereocenters. The highest BCUT2D eigenvalue weighted by Crippen LogP contribution is 2.30. The van der Waals surface area contributed by atoms with E-state index in [-0.39, 0.29) is 0 Å². The zero-order valence-electron chi connectivity index (χ0n) is 8.12. The molecular formula is C10H6N6. The summed E-state index contributed by atoms with van der Waals surface area (Å²) in [4.78, 5) is 0. The monoisotopic (exact) mass is 210 g/mol. The Kier molecular flexibility index (Phi) is 3.42. The van der Waals surface area contributed by atoms with Gasteiger partial charge >= 0.3 is 0 Å². The van der Waals surface area contributed by atoms with Gasteiger partial charge in [0.1, 0.15) is 12.1 Å². The predicted octanol–water partition coefficient (Wildman–Crippen LogP) is -0.207. The van der Waals surface area contributed by atoms with Crippen molar-refractivity contribution >= 4 is 0 Å². The summed E-state index contributed by atoms with van der Waals surface area (Å²) in [6.07, 6.45) is 0. The maximum atomic E-state index is 8.92. The fraction of sp³-hybridized carbons (Fsp3) is 0.500. The summed E-state index contributed by atoms with van der Waals surface area (Å²) in [7, 11) is 0. The van der Waals surface area contributed by atoms with Crippen LogP contribution in [0, 0.1) is 74.4 Å². The Bertz CT molecular complexity index is 438. The van der Waals surface area contributed by atoms with E-state index in [1.807, 2.05) is 30.3 Å². The van der Waals surface area contributed by atoms with Crippen molar-refractivity contribution in [2.45, 2.75) is 12.1 Å². The number of nitriles is 5. The highest BCUT2D eigenvalue weighted by Gasteiger charge is 2.45. The first-order valence-electron chi connectivity index (χ1n) is 4.47. The largest absolute Gasteiger partial charge is 0.284 e. The fourth-order valence-corrected chi connectivity index (χ4v) is 1.74. The molecule has 0 radical (unpaired) electrons. The van der Waals surface area contributed by atoms with E-state index >= 15 is 0 Å². The molecule has 0 aromatic heterocycles. The van der Waals surface area contributed by atoms with E-state index < -0.39 is 29.8 Å². The van der Waals surface area contributed by atoms with Crippen LogP contribution in [0.2, 0.25) is 0 Å². The minimum atomic E-state index is -0.912. The van der Waals surface area contributed by atoms with Crippen LogP contribution in [0.15, 0.2) is 0 Å². The molecule has 1 heterocycles. The second-order valence-electron chi connectivity index (χ2n) is 3.34. The van der Waals surface area contributed by atoms with Crippen molar-refractivity contribution in [2.75, 3.05) is 0 Å². The molecule has 6 heteroatoms. The van der Waals surface area contributed by atoms with Gasteiger partial charge in [0, 0.05) is 0 Å². The van der Waals surface area contributed by atoms with Crippen LogP contribution in [-0.4, -0.2) is 12.1 Å². The summed E-state index contributed by atoms with van der Waals surface area (Å²) >= 11 is 0. The quantitative estimate of drug-likeness (QED) is 0.588. The molecule has 1 N–H and O–H groups in total. The van der Waals surface area contributed by atoms with Gasteiger partial charge in [0.15, 0.2) is 0 Å². The van der Waals surface area contributed by atoms with Gasteiger partial charge in [-0.1, -0.05) is 0 Å². The molecule has 0 aliphatic carbocycles. The molecule has 16 heavy (non-hydrogen) atoms. The smallest absolute Gasteiger partial charge is 0.114 e. The maximum absolute atomic E-state index is 8.92. The van der Waals surface area contributed by atoms with E-state index in [0.717, 1.165) is 0 Å². The van der Waals surface area contributed by atoms with Crippen LogP contribution in [0.5, 0.6) is 0 Å². The van der Waals surface area contributed by atoms with E-state index in [1.54, 1.807) is 0 Å². The zero-order chi connectivity index (χ0) is 12.1. The second kappa shape index (κ2) is 4.77. The van der Waals surface area contributed by atoms with Gasteiger partial charge in [-0.2, -0.15) is 26.3 Å². The Morgan fingerprint density at radius 3 is 1.19 bits per heavy atom. The normalized spacial score (nSPS) is 36.8. The van der Waals surface area contributed by atoms with Gasteiger partial charge in [0.25, 0.3) is 0 Å². The average Bonchev–Trinajstić information content (AvgIpc) is 2.35. The number of nitrogens with one attached hydrogen (secondary N) is 1. The van der Waals surface area contributed by atoms with E-state index in [2.05, 4.69) is 5.32 Å². The van der Waals surface area contributed by atoms with E-state index in [4.69, 9.17) is 26.3 Å². The first-order chi connectivity index (χ1) is 7.73. The van der Waals surface area contributed by atoms with Crippen LogP contribution in [0.1, 0.15) is 0 Å². The van der Waals surface area contributed by atoms with Gasteiger partial charge < -0.3 is 0 Å². The summed E-state index contributed by atoms with van der Waals surface area (Å²) in [5.41, 5.74) is 0. The molecule has 76 valence electrons. The topological polar surface area (TPSA) is 131 Å². The fourth-order valence-electron chi connectivity index (χ4n) is 1.74. The lowest BCUT2D eigenvalue weighted by Gasteiger charge is -2.33. The Hall–Kier alpha value is -2.59. The molecular weight excluding hydrogens is 204 g/mol. The lowest BCUT2D eigenvalue weighted by atomic mass is 9.73. The Morgan fingerprint density at radius 2 is 0.938 bits per heavy atom. The minimum absolute atomic E-state index is 0.885. The van der Waals surface area contributed by atoms with Crippen LogP contribution in [0.4, 0.5) is 0 Å². The standard InChI is InChI=1S/C10H6N6/c11-1-6-7(2-12)9(4-14)16-10(5-15)8(6)3-13/h6-10,16H. The average molecular weight is 210 g/mol. The van der Waals surface area contributed by atoms with Crippen LogP contribution in [0.3, 0.4) is 0 Å². The molecule has 0 spiro atoms. The van der Waals surface area contributed by atoms with Crippen molar-refractivity contribution in [2.24, 2.45) is 17.8 Å². The summed E-state index contributed by atoms with van der Waals surface area (Å²) in [5.74, 6) is -2.68. The third kappa shape index (κ3) is 1.65. The number of hydrogen-bond donors (Lipinski definition) is 1. The predicted molar refractivity (Wildman–Crippen MR) is 49.2 cm³/mol. The van der Waals surface area contributed by atoms with Gasteiger partial charge in [0.2, 0.25) is 0 Å². The molecule has 1 rings (SSSR count). The van der Waals surface area contributed by atoms with Crippen molar-refractivity contribution in [3.8, 4) is 30.3 Å². The molecule has 1 aliphatic heterocycles. The maximum Gasteiger partial charge on any atom is 0.114 e. The molecule has 0 bridgehead atoms. The summed E-state index contributed by atoms with van der Waals surface area (Å²) in [6.45, 7) is 0. The van der Waals surface area contributed by atoms with Gasteiger partial charge in [-0.15, -0.1) is 0 Å². The van der Waals surface area contributed by atoms with Gasteiger partial charge in [-0.3, -0.25) is 5.32 Å². The van der Waals surface area contributed by atoms with E-state index in [1.165, 1.54) is 0 Å². The van der Waals surface area contributed by atoms with Crippen LogP contribution < -0.4 is 5.32 Å². The molecule has 1 aliphatic rings. The minimum Gasteiger partial charge on any atom is -0.284 e. The molecule has 0 amide bonds. The lowest BCUT2D eigenvalue weighted by molar-refractivity contribution is 0.238. The highest BCUT2D eigenvalue weighted by molar-refractivity contribution is 5.23. The first-order valence-corrected chi connectivity index (χ1v) is 4.47. The SMILES string of the molecule is N#CC1NC(C#N)C(C#N)C(C#N)C1C#N. The number of nitrogens with zero attached hydrogens (tertiary/aromatic N) is 5. The summed E-state index contributed by atoms with van der Waals surface area (Å²) in [6, 6.07) is 7.44. The Balaban J connectivity index is 3.15. The van der Waals surface area contributed by atoms with Crippen molar-refractivity contribution in [3.05, 3.63) is 0 Å². The number of hydrogen-bond acceptors (Lipinski definition) is 6. The number of piperidine rings is 1. The Morgan fingerprint density at radius 1 is 0.562 bits per heavy atom. The van der Waals surface area contributed by atoms with Crippen LogP contribution in [-0.2, 0) is 0 Å².